The zero-order valence-corrected chi connectivity index (χ0v) is 14.1. The highest BCUT2D eigenvalue weighted by molar-refractivity contribution is 5.86. The second-order valence-corrected chi connectivity index (χ2v) is 6.88. The van der Waals surface area contributed by atoms with E-state index in [1.54, 1.807) is 0 Å². The molecule has 3 nitrogen and oxygen atoms in total. The van der Waals surface area contributed by atoms with E-state index in [-0.39, 0.29) is 5.91 Å². The molecule has 0 aliphatic rings. The predicted molar refractivity (Wildman–Crippen MR) is 92.7 cm³/mol. The van der Waals surface area contributed by atoms with Gasteiger partial charge in [0.15, 0.2) is 0 Å². The van der Waals surface area contributed by atoms with Crippen molar-refractivity contribution in [1.29, 1.82) is 5.26 Å². The van der Waals surface area contributed by atoms with Crippen LogP contribution in [0.5, 0.6) is 0 Å². The zero-order chi connectivity index (χ0) is 17.3. The van der Waals surface area contributed by atoms with Crippen molar-refractivity contribution in [2.45, 2.75) is 38.5 Å². The Balaban J connectivity index is 2.31. The largest absolute Gasteiger partial charge is 0.369 e. The Morgan fingerprint density at radius 1 is 0.870 bits per heavy atom. The molecule has 0 aliphatic carbocycles. The molecular formula is C20H22N2O. The van der Waals surface area contributed by atoms with Gasteiger partial charge in [-0.15, -0.1) is 0 Å². The second kappa shape index (κ2) is 5.89. The van der Waals surface area contributed by atoms with Gasteiger partial charge >= 0.3 is 0 Å². The maximum Gasteiger partial charge on any atom is 0.227 e. The SMILES string of the molecule is CC(C)(C#N)c1ccc(-c2ccc(C(C)(C)C(N)=O)cc2)cc1. The van der Waals surface area contributed by atoms with E-state index < -0.39 is 10.8 Å². The minimum absolute atomic E-state index is 0.340. The van der Waals surface area contributed by atoms with Crippen molar-refractivity contribution in [2.24, 2.45) is 5.73 Å². The molecule has 0 radical (unpaired) electrons. The van der Waals surface area contributed by atoms with Gasteiger partial charge in [-0.2, -0.15) is 5.26 Å². The highest BCUT2D eigenvalue weighted by atomic mass is 16.1. The Labute approximate surface area is 137 Å². The lowest BCUT2D eigenvalue weighted by Crippen LogP contribution is -2.35. The maximum atomic E-state index is 11.5. The van der Waals surface area contributed by atoms with Crippen LogP contribution >= 0.6 is 0 Å². The molecule has 0 spiro atoms. The first-order chi connectivity index (χ1) is 10.7. The van der Waals surface area contributed by atoms with Crippen molar-refractivity contribution >= 4 is 5.91 Å². The van der Waals surface area contributed by atoms with Gasteiger partial charge in [-0.3, -0.25) is 4.79 Å². The number of nitrogens with zero attached hydrogens (tertiary/aromatic N) is 1. The van der Waals surface area contributed by atoms with E-state index in [4.69, 9.17) is 5.73 Å². The quantitative estimate of drug-likeness (QED) is 0.930. The van der Waals surface area contributed by atoms with Gasteiger partial charge in [0.1, 0.15) is 0 Å². The molecule has 0 aliphatic heterocycles. The third-order valence-electron chi connectivity index (χ3n) is 4.44. The summed E-state index contributed by atoms with van der Waals surface area (Å²) in [6, 6.07) is 18.2. The van der Waals surface area contributed by atoms with Gasteiger partial charge in [-0.05, 0) is 49.9 Å². The molecule has 0 saturated carbocycles. The van der Waals surface area contributed by atoms with Crippen LogP contribution in [0.3, 0.4) is 0 Å². The number of nitrogens with two attached hydrogens (primary N) is 1. The Morgan fingerprint density at radius 3 is 1.61 bits per heavy atom. The molecule has 0 bridgehead atoms. The van der Waals surface area contributed by atoms with Crippen molar-refractivity contribution < 1.29 is 4.79 Å². The summed E-state index contributed by atoms with van der Waals surface area (Å²) in [6.07, 6.45) is 0. The van der Waals surface area contributed by atoms with Gasteiger partial charge in [0.25, 0.3) is 0 Å². The first kappa shape index (κ1) is 16.8. The second-order valence-electron chi connectivity index (χ2n) is 6.88. The number of amides is 1. The molecule has 118 valence electrons. The van der Waals surface area contributed by atoms with Crippen LogP contribution in [-0.2, 0) is 15.6 Å². The van der Waals surface area contributed by atoms with Crippen LogP contribution in [-0.4, -0.2) is 5.91 Å². The topological polar surface area (TPSA) is 66.9 Å². The van der Waals surface area contributed by atoms with Crippen molar-refractivity contribution in [1.82, 2.24) is 0 Å². The van der Waals surface area contributed by atoms with Gasteiger partial charge in [-0.1, -0.05) is 48.5 Å². The molecule has 3 heteroatoms. The molecule has 2 aromatic carbocycles. The van der Waals surface area contributed by atoms with Gasteiger partial charge in [0.05, 0.1) is 16.9 Å². The number of nitriles is 1. The average Bonchev–Trinajstić information content (AvgIpc) is 2.55. The minimum Gasteiger partial charge on any atom is -0.369 e. The normalized spacial score (nSPS) is 11.8. The third-order valence-corrected chi connectivity index (χ3v) is 4.44. The fourth-order valence-electron chi connectivity index (χ4n) is 2.37. The smallest absolute Gasteiger partial charge is 0.227 e. The van der Waals surface area contributed by atoms with Crippen LogP contribution in [0.15, 0.2) is 48.5 Å². The summed E-state index contributed by atoms with van der Waals surface area (Å²) in [5.41, 5.74) is 8.32. The molecule has 1 amide bonds. The van der Waals surface area contributed by atoms with Crippen molar-refractivity contribution in [3.63, 3.8) is 0 Å². The first-order valence-electron chi connectivity index (χ1n) is 7.61. The van der Waals surface area contributed by atoms with Crippen LogP contribution in [0.1, 0.15) is 38.8 Å². The summed E-state index contributed by atoms with van der Waals surface area (Å²) in [5, 5.41) is 9.20. The minimum atomic E-state index is -0.681. The van der Waals surface area contributed by atoms with Crippen LogP contribution in [0.4, 0.5) is 0 Å². The number of carbonyl (C=O) groups excluding carboxylic acids is 1. The predicted octanol–water partition coefficient (Wildman–Crippen LogP) is 3.92. The van der Waals surface area contributed by atoms with E-state index in [2.05, 4.69) is 6.07 Å². The first-order valence-corrected chi connectivity index (χ1v) is 7.61. The summed E-state index contributed by atoms with van der Waals surface area (Å²) in [4.78, 5) is 11.5. The van der Waals surface area contributed by atoms with E-state index >= 15 is 0 Å². The van der Waals surface area contributed by atoms with E-state index in [1.807, 2.05) is 76.2 Å². The number of carbonyl (C=O) groups is 1. The molecule has 0 fully saturated rings. The van der Waals surface area contributed by atoms with Crippen molar-refractivity contribution in [2.75, 3.05) is 0 Å². The molecular weight excluding hydrogens is 284 g/mol. The number of hydrogen-bond acceptors (Lipinski definition) is 2. The molecule has 0 heterocycles. The maximum absolute atomic E-state index is 11.5. The molecule has 0 unspecified atom stereocenters. The Morgan fingerprint density at radius 2 is 1.26 bits per heavy atom. The molecule has 0 atom stereocenters. The van der Waals surface area contributed by atoms with Gasteiger partial charge in [-0.25, -0.2) is 0 Å². The average molecular weight is 306 g/mol. The highest BCUT2D eigenvalue weighted by Gasteiger charge is 2.27. The van der Waals surface area contributed by atoms with E-state index in [0.29, 0.717) is 0 Å². The molecule has 0 aromatic heterocycles. The van der Waals surface area contributed by atoms with Gasteiger partial charge in [0.2, 0.25) is 5.91 Å². The summed E-state index contributed by atoms with van der Waals surface area (Å²) in [7, 11) is 0. The fourth-order valence-corrected chi connectivity index (χ4v) is 2.37. The summed E-state index contributed by atoms with van der Waals surface area (Å²) in [6.45, 7) is 7.46. The summed E-state index contributed by atoms with van der Waals surface area (Å²) in [5.74, 6) is -0.340. The van der Waals surface area contributed by atoms with Gasteiger partial charge in [0, 0.05) is 0 Å². The molecule has 2 rings (SSSR count). The lowest BCUT2D eigenvalue weighted by atomic mass is 9.83. The monoisotopic (exact) mass is 306 g/mol. The van der Waals surface area contributed by atoms with Crippen LogP contribution in [0, 0.1) is 11.3 Å². The van der Waals surface area contributed by atoms with Crippen LogP contribution in [0.2, 0.25) is 0 Å². The number of primary amides is 1. The summed E-state index contributed by atoms with van der Waals surface area (Å²) >= 11 is 0. The standard InChI is InChI=1S/C20H22N2O/c1-19(2,13-21)16-9-5-14(6-10-16)15-7-11-17(12-8-15)20(3,4)18(22)23/h5-12H,1-4H3,(H2,22,23). The highest BCUT2D eigenvalue weighted by Crippen LogP contribution is 2.28. The van der Waals surface area contributed by atoms with Crippen LogP contribution < -0.4 is 5.73 Å². The Kier molecular flexibility index (Phi) is 4.29. The van der Waals surface area contributed by atoms with Crippen LogP contribution in [0.25, 0.3) is 11.1 Å². The molecule has 2 N–H and O–H groups in total. The molecule has 0 saturated heterocycles. The van der Waals surface area contributed by atoms with Gasteiger partial charge < -0.3 is 5.73 Å². The zero-order valence-electron chi connectivity index (χ0n) is 14.1. The molecule has 2 aromatic rings. The summed E-state index contributed by atoms with van der Waals surface area (Å²) < 4.78 is 0. The third kappa shape index (κ3) is 3.27. The Hall–Kier alpha value is -2.60. The Bertz CT molecular complexity index is 748. The lowest BCUT2D eigenvalue weighted by Gasteiger charge is -2.21. The van der Waals surface area contributed by atoms with E-state index in [1.165, 1.54) is 0 Å². The number of hydrogen-bond donors (Lipinski definition) is 1. The van der Waals surface area contributed by atoms with Crippen molar-refractivity contribution in [3.05, 3.63) is 59.7 Å². The molecule has 23 heavy (non-hydrogen) atoms. The van der Waals surface area contributed by atoms with E-state index in [0.717, 1.165) is 22.3 Å². The van der Waals surface area contributed by atoms with Crippen molar-refractivity contribution in [3.8, 4) is 17.2 Å². The lowest BCUT2D eigenvalue weighted by molar-refractivity contribution is -0.122. The fraction of sp³-hybridized carbons (Fsp3) is 0.300. The number of rotatable bonds is 4. The van der Waals surface area contributed by atoms with E-state index in [9.17, 15) is 10.1 Å². The number of benzene rings is 2.